The topological polar surface area (TPSA) is 70.3 Å². The predicted molar refractivity (Wildman–Crippen MR) is 69.3 cm³/mol. The van der Waals surface area contributed by atoms with E-state index < -0.39 is 11.8 Å². The van der Waals surface area contributed by atoms with E-state index in [1.807, 2.05) is 6.07 Å². The van der Waals surface area contributed by atoms with Crippen molar-refractivity contribution in [2.24, 2.45) is 5.92 Å². The van der Waals surface area contributed by atoms with Gasteiger partial charge in [-0.15, -0.1) is 0 Å². The molecule has 106 valence electrons. The van der Waals surface area contributed by atoms with Crippen molar-refractivity contribution >= 4 is 5.97 Å². The number of nitrogens with zero attached hydrogens (tertiary/aromatic N) is 1. The molecule has 0 heterocycles. The Labute approximate surface area is 116 Å². The molecule has 1 aromatic carbocycles. The van der Waals surface area contributed by atoms with Gasteiger partial charge in [-0.05, 0) is 43.4 Å². The summed E-state index contributed by atoms with van der Waals surface area (Å²) in [7, 11) is 0. The van der Waals surface area contributed by atoms with E-state index in [9.17, 15) is 9.18 Å². The molecule has 0 aliphatic heterocycles. The van der Waals surface area contributed by atoms with Crippen molar-refractivity contribution in [2.75, 3.05) is 0 Å². The summed E-state index contributed by atoms with van der Waals surface area (Å²) < 4.78 is 18.7. The van der Waals surface area contributed by atoms with E-state index in [0.717, 1.165) is 0 Å². The van der Waals surface area contributed by atoms with E-state index in [0.29, 0.717) is 31.2 Å². The number of hydrogen-bond donors (Lipinski definition) is 1. The van der Waals surface area contributed by atoms with Gasteiger partial charge in [0, 0.05) is 0 Å². The monoisotopic (exact) mass is 277 g/mol. The van der Waals surface area contributed by atoms with Crippen molar-refractivity contribution in [2.45, 2.75) is 38.4 Å². The van der Waals surface area contributed by atoms with E-state index in [-0.39, 0.29) is 24.2 Å². The van der Waals surface area contributed by atoms with Gasteiger partial charge < -0.3 is 9.84 Å². The summed E-state index contributed by atoms with van der Waals surface area (Å²) in [6.07, 6.45) is 2.67. The molecule has 0 atom stereocenters. The molecule has 1 N–H and O–H groups in total. The van der Waals surface area contributed by atoms with E-state index in [1.54, 1.807) is 6.07 Å². The first-order chi connectivity index (χ1) is 9.60. The molecule has 0 spiro atoms. The van der Waals surface area contributed by atoms with Crippen molar-refractivity contribution in [3.63, 3.8) is 0 Å². The molecule has 0 radical (unpaired) electrons. The lowest BCUT2D eigenvalue weighted by Gasteiger charge is -2.26. The van der Waals surface area contributed by atoms with Gasteiger partial charge in [-0.2, -0.15) is 5.26 Å². The van der Waals surface area contributed by atoms with Crippen LogP contribution in [-0.4, -0.2) is 17.2 Å². The van der Waals surface area contributed by atoms with Crippen molar-refractivity contribution in [3.05, 3.63) is 35.1 Å². The van der Waals surface area contributed by atoms with Crippen LogP contribution < -0.4 is 0 Å². The van der Waals surface area contributed by atoms with Crippen molar-refractivity contribution in [1.29, 1.82) is 5.26 Å². The van der Waals surface area contributed by atoms with Crippen LogP contribution in [0.25, 0.3) is 0 Å². The van der Waals surface area contributed by atoms with Gasteiger partial charge in [-0.25, -0.2) is 4.39 Å². The molecule has 0 saturated heterocycles. The molecule has 4 nitrogen and oxygen atoms in total. The predicted octanol–water partition coefficient (Wildman–Crippen LogP) is 2.86. The average molecular weight is 277 g/mol. The highest BCUT2D eigenvalue weighted by atomic mass is 19.1. The van der Waals surface area contributed by atoms with Crippen molar-refractivity contribution in [1.82, 2.24) is 0 Å². The smallest absolute Gasteiger partial charge is 0.306 e. The molecular formula is C15H16FNO3. The van der Waals surface area contributed by atoms with Gasteiger partial charge in [-0.3, -0.25) is 4.79 Å². The lowest BCUT2D eigenvalue weighted by atomic mass is 9.87. The van der Waals surface area contributed by atoms with Gasteiger partial charge in [0.1, 0.15) is 5.82 Å². The summed E-state index contributed by atoms with van der Waals surface area (Å²) in [6, 6.07) is 6.00. The van der Waals surface area contributed by atoms with Crippen LogP contribution in [0, 0.1) is 23.1 Å². The third kappa shape index (κ3) is 3.55. The zero-order valence-electron chi connectivity index (χ0n) is 11.0. The minimum Gasteiger partial charge on any atom is -0.481 e. The van der Waals surface area contributed by atoms with Crippen molar-refractivity contribution < 1.29 is 19.0 Å². The normalized spacial score (nSPS) is 22.2. The molecule has 20 heavy (non-hydrogen) atoms. The molecule has 1 aliphatic rings. The van der Waals surface area contributed by atoms with Crippen LogP contribution in [0.5, 0.6) is 0 Å². The molecule has 1 fully saturated rings. The number of ether oxygens (including phenoxy) is 1. The largest absolute Gasteiger partial charge is 0.481 e. The number of hydrogen-bond acceptors (Lipinski definition) is 3. The number of carboxylic acids is 1. The minimum atomic E-state index is -0.742. The Morgan fingerprint density at radius 1 is 1.40 bits per heavy atom. The van der Waals surface area contributed by atoms with E-state index in [2.05, 4.69) is 0 Å². The number of benzene rings is 1. The quantitative estimate of drug-likeness (QED) is 0.918. The summed E-state index contributed by atoms with van der Waals surface area (Å²) in [6.45, 7) is 0.256. The fourth-order valence-electron chi connectivity index (χ4n) is 2.46. The molecule has 0 amide bonds. The Bertz CT molecular complexity index is 530. The van der Waals surface area contributed by atoms with Crippen LogP contribution in [0.15, 0.2) is 18.2 Å². The maximum absolute atomic E-state index is 13.0. The standard InChI is InChI=1S/C15H16FNO3/c16-13-4-1-11(12(7-13)8-17)9-20-14-5-2-10(3-6-14)15(18)19/h1,4,7,10,14H,2-3,5-6,9H2,(H,18,19). The van der Waals surface area contributed by atoms with Gasteiger partial charge >= 0.3 is 5.97 Å². The van der Waals surface area contributed by atoms with Crippen LogP contribution in [0.2, 0.25) is 0 Å². The van der Waals surface area contributed by atoms with Gasteiger partial charge in [0.05, 0.1) is 30.3 Å². The SMILES string of the molecule is N#Cc1cc(F)ccc1COC1CCC(C(=O)O)CC1. The fraction of sp³-hybridized carbons (Fsp3) is 0.467. The Morgan fingerprint density at radius 3 is 2.70 bits per heavy atom. The summed E-state index contributed by atoms with van der Waals surface area (Å²) in [4.78, 5) is 10.8. The molecule has 2 rings (SSSR count). The Balaban J connectivity index is 1.88. The minimum absolute atomic E-state index is 0.0159. The first-order valence-electron chi connectivity index (χ1n) is 6.63. The lowest BCUT2D eigenvalue weighted by molar-refractivity contribution is -0.143. The van der Waals surface area contributed by atoms with Gasteiger partial charge in [0.25, 0.3) is 0 Å². The number of halogens is 1. The number of rotatable bonds is 4. The van der Waals surface area contributed by atoms with Gasteiger partial charge in [0.15, 0.2) is 0 Å². The number of nitriles is 1. The first kappa shape index (κ1) is 14.5. The molecule has 1 aromatic rings. The third-order valence-electron chi connectivity index (χ3n) is 3.69. The second-order valence-electron chi connectivity index (χ2n) is 5.04. The molecule has 1 saturated carbocycles. The molecule has 0 unspecified atom stereocenters. The zero-order valence-corrected chi connectivity index (χ0v) is 11.0. The highest BCUT2D eigenvalue weighted by Gasteiger charge is 2.26. The van der Waals surface area contributed by atoms with Crippen molar-refractivity contribution in [3.8, 4) is 6.07 Å². The summed E-state index contributed by atoms with van der Waals surface area (Å²) in [5, 5.41) is 17.9. The summed E-state index contributed by atoms with van der Waals surface area (Å²) in [5.41, 5.74) is 0.943. The molecule has 0 bridgehead atoms. The molecule has 0 aromatic heterocycles. The van der Waals surface area contributed by atoms with E-state index >= 15 is 0 Å². The third-order valence-corrected chi connectivity index (χ3v) is 3.69. The summed E-state index contributed by atoms with van der Waals surface area (Å²) >= 11 is 0. The Hall–Kier alpha value is -1.93. The maximum atomic E-state index is 13.0. The lowest BCUT2D eigenvalue weighted by Crippen LogP contribution is -2.26. The number of carboxylic acid groups (broad SMARTS) is 1. The molecular weight excluding hydrogens is 261 g/mol. The van der Waals surface area contributed by atoms with Crippen LogP contribution >= 0.6 is 0 Å². The van der Waals surface area contributed by atoms with Crippen LogP contribution in [0.1, 0.15) is 36.8 Å². The van der Waals surface area contributed by atoms with E-state index in [1.165, 1.54) is 12.1 Å². The highest BCUT2D eigenvalue weighted by Crippen LogP contribution is 2.27. The Kier molecular flexibility index (Phi) is 4.70. The number of carbonyl (C=O) groups is 1. The maximum Gasteiger partial charge on any atom is 0.306 e. The average Bonchev–Trinajstić information content (AvgIpc) is 2.46. The number of aliphatic carboxylic acids is 1. The van der Waals surface area contributed by atoms with E-state index in [4.69, 9.17) is 15.1 Å². The highest BCUT2D eigenvalue weighted by molar-refractivity contribution is 5.70. The summed E-state index contributed by atoms with van der Waals surface area (Å²) in [5.74, 6) is -1.45. The Morgan fingerprint density at radius 2 is 2.10 bits per heavy atom. The fourth-order valence-corrected chi connectivity index (χ4v) is 2.46. The first-order valence-corrected chi connectivity index (χ1v) is 6.63. The second-order valence-corrected chi connectivity index (χ2v) is 5.04. The zero-order chi connectivity index (χ0) is 14.5. The molecule has 1 aliphatic carbocycles. The second kappa shape index (κ2) is 6.49. The molecule has 5 heteroatoms. The van der Waals surface area contributed by atoms with Crippen LogP contribution in [-0.2, 0) is 16.1 Å². The van der Waals surface area contributed by atoms with Gasteiger partial charge in [-0.1, -0.05) is 6.07 Å². The van der Waals surface area contributed by atoms with Crippen LogP contribution in [0.3, 0.4) is 0 Å². The van der Waals surface area contributed by atoms with Gasteiger partial charge in [0.2, 0.25) is 0 Å². The van der Waals surface area contributed by atoms with Crippen LogP contribution in [0.4, 0.5) is 4.39 Å².